The molecule has 0 spiro atoms. The van der Waals surface area contributed by atoms with Crippen molar-refractivity contribution >= 4 is 11.8 Å². The molecule has 1 heterocycles. The van der Waals surface area contributed by atoms with Gasteiger partial charge in [-0.15, -0.1) is 0 Å². The predicted octanol–water partition coefficient (Wildman–Crippen LogP) is 1.41. The Labute approximate surface area is 151 Å². The number of rotatable bonds is 6. The second kappa shape index (κ2) is 8.55. The predicted molar refractivity (Wildman–Crippen MR) is 95.2 cm³/mol. The minimum absolute atomic E-state index is 0.0507. The number of pyridine rings is 1. The molecule has 0 aliphatic heterocycles. The van der Waals surface area contributed by atoms with Gasteiger partial charge in [0, 0.05) is 12.4 Å². The molecular weight excluding hydrogens is 332 g/mol. The van der Waals surface area contributed by atoms with E-state index in [1.54, 1.807) is 30.0 Å². The summed E-state index contributed by atoms with van der Waals surface area (Å²) in [6.45, 7) is -0.182. The smallest absolute Gasteiger partial charge is 0.257 e. The number of carbonyl (C=O) groups excluding carboxylic acids is 2. The molecule has 0 fully saturated rings. The van der Waals surface area contributed by atoms with Crippen molar-refractivity contribution in [2.24, 2.45) is 0 Å². The van der Waals surface area contributed by atoms with E-state index >= 15 is 0 Å². The van der Waals surface area contributed by atoms with E-state index in [0.29, 0.717) is 5.56 Å². The zero-order valence-electron chi connectivity index (χ0n) is 14.3. The van der Waals surface area contributed by atoms with E-state index in [1.807, 2.05) is 18.2 Å². The number of hydroxylamine groups is 1. The lowest BCUT2D eigenvalue weighted by molar-refractivity contribution is -0.129. The van der Waals surface area contributed by atoms with Crippen molar-refractivity contribution in [2.75, 3.05) is 6.54 Å². The van der Waals surface area contributed by atoms with Crippen LogP contribution in [0.2, 0.25) is 0 Å². The van der Waals surface area contributed by atoms with Crippen LogP contribution in [0.25, 0.3) is 0 Å². The van der Waals surface area contributed by atoms with Crippen molar-refractivity contribution in [3.8, 4) is 0 Å². The lowest BCUT2D eigenvalue weighted by Crippen LogP contribution is -2.43. The molecule has 2 unspecified atom stereocenters. The normalized spacial score (nSPS) is 17.0. The van der Waals surface area contributed by atoms with Gasteiger partial charge in [0.25, 0.3) is 5.91 Å². The molecule has 4 N–H and O–H groups in total. The van der Waals surface area contributed by atoms with Gasteiger partial charge in [0.15, 0.2) is 0 Å². The Morgan fingerprint density at radius 3 is 2.73 bits per heavy atom. The highest BCUT2D eigenvalue weighted by atomic mass is 16.5. The summed E-state index contributed by atoms with van der Waals surface area (Å²) in [4.78, 5) is 28.3. The molecule has 0 saturated heterocycles. The van der Waals surface area contributed by atoms with Crippen molar-refractivity contribution < 1.29 is 14.8 Å². The first kappa shape index (κ1) is 18.0. The number of aryl methyl sites for hydroxylation is 1. The van der Waals surface area contributed by atoms with Gasteiger partial charge >= 0.3 is 0 Å². The van der Waals surface area contributed by atoms with Gasteiger partial charge < -0.3 is 5.32 Å². The van der Waals surface area contributed by atoms with Crippen LogP contribution >= 0.6 is 0 Å². The van der Waals surface area contributed by atoms with Gasteiger partial charge in [-0.05, 0) is 48.1 Å². The summed E-state index contributed by atoms with van der Waals surface area (Å²) in [5, 5.41) is 14.7. The fraction of sp³-hybridized carbons (Fsp3) is 0.316. The summed E-state index contributed by atoms with van der Waals surface area (Å²) in [5.74, 6) is -0.830. The first-order valence-corrected chi connectivity index (χ1v) is 8.63. The maximum Gasteiger partial charge on any atom is 0.257 e. The number of fused-ring (bicyclic) bond motifs is 1. The molecule has 0 bridgehead atoms. The maximum atomic E-state index is 12.9. The lowest BCUT2D eigenvalue weighted by atomic mass is 9.87. The number of amides is 2. The zero-order valence-corrected chi connectivity index (χ0v) is 14.3. The fourth-order valence-corrected chi connectivity index (χ4v) is 3.31. The van der Waals surface area contributed by atoms with Gasteiger partial charge in [-0.1, -0.05) is 24.3 Å². The van der Waals surface area contributed by atoms with Crippen LogP contribution in [0, 0.1) is 0 Å². The third kappa shape index (κ3) is 4.25. The van der Waals surface area contributed by atoms with Gasteiger partial charge in [0.05, 0.1) is 12.6 Å². The summed E-state index contributed by atoms with van der Waals surface area (Å²) in [6, 6.07) is 10.8. The van der Waals surface area contributed by atoms with E-state index < -0.39 is 11.9 Å². The van der Waals surface area contributed by atoms with Crippen LogP contribution in [-0.2, 0) is 16.0 Å². The number of benzene rings is 1. The first-order chi connectivity index (χ1) is 12.7. The standard InChI is InChI=1S/C19H22N4O3/c24-17(23-26)12-21-18(14-8-10-20-11-9-14)19(25)22-16-7-3-5-13-4-1-2-6-15(13)16/h1-2,4,6,8-11,16,18,21,26H,3,5,7,12H2,(H,22,25)(H,23,24). The Kier molecular flexibility index (Phi) is 5.93. The summed E-state index contributed by atoms with van der Waals surface area (Å²) in [6.07, 6.45) is 6.11. The summed E-state index contributed by atoms with van der Waals surface area (Å²) >= 11 is 0. The van der Waals surface area contributed by atoms with Crippen molar-refractivity contribution in [1.29, 1.82) is 0 Å². The Hall–Kier alpha value is -2.77. The number of carbonyl (C=O) groups is 2. The largest absolute Gasteiger partial charge is 0.348 e. The van der Waals surface area contributed by atoms with E-state index in [1.165, 1.54) is 5.56 Å². The van der Waals surface area contributed by atoms with Crippen molar-refractivity contribution in [3.63, 3.8) is 0 Å². The third-order valence-corrected chi connectivity index (χ3v) is 4.58. The van der Waals surface area contributed by atoms with Crippen LogP contribution in [0.15, 0.2) is 48.8 Å². The monoisotopic (exact) mass is 354 g/mol. The van der Waals surface area contributed by atoms with Gasteiger partial charge in [0.2, 0.25) is 5.91 Å². The molecule has 0 saturated carbocycles. The van der Waals surface area contributed by atoms with Crippen LogP contribution in [0.5, 0.6) is 0 Å². The molecule has 0 radical (unpaired) electrons. The van der Waals surface area contributed by atoms with Crippen LogP contribution in [-0.4, -0.2) is 28.6 Å². The molecule has 26 heavy (non-hydrogen) atoms. The van der Waals surface area contributed by atoms with E-state index in [0.717, 1.165) is 24.8 Å². The molecule has 1 aromatic heterocycles. The molecule has 1 aliphatic carbocycles. The van der Waals surface area contributed by atoms with Crippen molar-refractivity contribution in [2.45, 2.75) is 31.3 Å². The maximum absolute atomic E-state index is 12.9. The highest BCUT2D eigenvalue weighted by molar-refractivity contribution is 5.85. The van der Waals surface area contributed by atoms with Gasteiger partial charge in [-0.25, -0.2) is 5.48 Å². The highest BCUT2D eigenvalue weighted by Gasteiger charge is 2.26. The van der Waals surface area contributed by atoms with E-state index in [2.05, 4.69) is 21.7 Å². The molecule has 3 rings (SSSR count). The molecule has 1 aromatic carbocycles. The number of nitrogens with zero attached hydrogens (tertiary/aromatic N) is 1. The minimum atomic E-state index is -0.718. The summed E-state index contributed by atoms with van der Waals surface area (Å²) < 4.78 is 0. The number of hydrogen-bond donors (Lipinski definition) is 4. The Balaban J connectivity index is 1.76. The van der Waals surface area contributed by atoms with Crippen LogP contribution in [0.3, 0.4) is 0 Å². The third-order valence-electron chi connectivity index (χ3n) is 4.58. The molecular formula is C19H22N4O3. The Morgan fingerprint density at radius 1 is 1.19 bits per heavy atom. The Bertz CT molecular complexity index is 766. The van der Waals surface area contributed by atoms with Crippen molar-refractivity contribution in [3.05, 3.63) is 65.5 Å². The Morgan fingerprint density at radius 2 is 1.96 bits per heavy atom. The number of hydrogen-bond acceptors (Lipinski definition) is 5. The van der Waals surface area contributed by atoms with E-state index in [9.17, 15) is 9.59 Å². The second-order valence-electron chi connectivity index (χ2n) is 6.28. The van der Waals surface area contributed by atoms with Crippen molar-refractivity contribution in [1.82, 2.24) is 21.1 Å². The second-order valence-corrected chi connectivity index (χ2v) is 6.28. The molecule has 7 nitrogen and oxygen atoms in total. The van der Waals surface area contributed by atoms with Gasteiger partial charge in [-0.2, -0.15) is 0 Å². The average Bonchev–Trinajstić information content (AvgIpc) is 2.69. The van der Waals surface area contributed by atoms with E-state index in [-0.39, 0.29) is 18.5 Å². The van der Waals surface area contributed by atoms with Crippen LogP contribution in [0.4, 0.5) is 0 Å². The number of aromatic nitrogens is 1. The first-order valence-electron chi connectivity index (χ1n) is 8.63. The topological polar surface area (TPSA) is 103 Å². The average molecular weight is 354 g/mol. The molecule has 1 aliphatic rings. The molecule has 2 atom stereocenters. The molecule has 2 amide bonds. The lowest BCUT2D eigenvalue weighted by Gasteiger charge is -2.28. The number of nitrogens with one attached hydrogen (secondary N) is 3. The zero-order chi connectivity index (χ0) is 18.4. The molecule has 136 valence electrons. The van der Waals surface area contributed by atoms with Crippen LogP contribution < -0.4 is 16.1 Å². The molecule has 7 heteroatoms. The summed E-state index contributed by atoms with van der Waals surface area (Å²) in [7, 11) is 0. The fourth-order valence-electron chi connectivity index (χ4n) is 3.31. The summed E-state index contributed by atoms with van der Waals surface area (Å²) in [5.41, 5.74) is 4.67. The van der Waals surface area contributed by atoms with E-state index in [4.69, 9.17) is 5.21 Å². The SMILES string of the molecule is O=C(CNC(C(=O)NC1CCCc2ccccc21)c1ccncc1)NO. The van der Waals surface area contributed by atoms with Crippen LogP contribution in [0.1, 0.15) is 41.6 Å². The highest BCUT2D eigenvalue weighted by Crippen LogP contribution is 2.30. The van der Waals surface area contributed by atoms with Gasteiger partial charge in [0.1, 0.15) is 6.04 Å². The minimum Gasteiger partial charge on any atom is -0.348 e. The quantitative estimate of drug-likeness (QED) is 0.464. The molecule has 2 aromatic rings. The van der Waals surface area contributed by atoms with Gasteiger partial charge in [-0.3, -0.25) is 25.1 Å².